The summed E-state index contributed by atoms with van der Waals surface area (Å²) < 4.78 is 0. The SMILES string of the molecule is CCCN(CCC)C1(C(=O)O)CC1. The Labute approximate surface area is 79.7 Å². The number of rotatable bonds is 6. The van der Waals surface area contributed by atoms with Crippen LogP contribution in [0.25, 0.3) is 0 Å². The Bertz CT molecular complexity index is 181. The molecule has 3 heteroatoms. The first kappa shape index (κ1) is 10.5. The zero-order valence-electron chi connectivity index (χ0n) is 8.55. The van der Waals surface area contributed by atoms with Crippen molar-refractivity contribution >= 4 is 5.97 Å². The molecule has 1 fully saturated rings. The lowest BCUT2D eigenvalue weighted by Gasteiger charge is -2.27. The fraction of sp³-hybridized carbons (Fsp3) is 0.900. The fourth-order valence-corrected chi connectivity index (χ4v) is 1.86. The van der Waals surface area contributed by atoms with E-state index in [1.54, 1.807) is 0 Å². The first-order valence-electron chi connectivity index (χ1n) is 5.16. The van der Waals surface area contributed by atoms with Crippen LogP contribution < -0.4 is 0 Å². The van der Waals surface area contributed by atoms with Crippen molar-refractivity contribution in [3.8, 4) is 0 Å². The Hall–Kier alpha value is -0.570. The van der Waals surface area contributed by atoms with E-state index >= 15 is 0 Å². The van der Waals surface area contributed by atoms with E-state index in [0.717, 1.165) is 38.8 Å². The van der Waals surface area contributed by atoms with Crippen LogP contribution in [0.5, 0.6) is 0 Å². The largest absolute Gasteiger partial charge is 0.480 e. The predicted octanol–water partition coefficient (Wildman–Crippen LogP) is 1.73. The first-order chi connectivity index (χ1) is 6.17. The molecule has 1 rings (SSSR count). The average molecular weight is 185 g/mol. The molecule has 0 atom stereocenters. The lowest BCUT2D eigenvalue weighted by Crippen LogP contribution is -2.44. The van der Waals surface area contributed by atoms with Crippen LogP contribution in [-0.2, 0) is 4.79 Å². The average Bonchev–Trinajstić information content (AvgIpc) is 2.84. The van der Waals surface area contributed by atoms with Crippen molar-refractivity contribution in [3.05, 3.63) is 0 Å². The summed E-state index contributed by atoms with van der Waals surface area (Å²) in [5.74, 6) is -0.630. The van der Waals surface area contributed by atoms with E-state index in [1.165, 1.54) is 0 Å². The van der Waals surface area contributed by atoms with Gasteiger partial charge in [-0.1, -0.05) is 13.8 Å². The van der Waals surface area contributed by atoms with Gasteiger partial charge in [0.15, 0.2) is 0 Å². The number of aliphatic carboxylic acids is 1. The normalized spacial score (nSPS) is 19.0. The van der Waals surface area contributed by atoms with Crippen molar-refractivity contribution in [1.82, 2.24) is 4.90 Å². The lowest BCUT2D eigenvalue weighted by atomic mass is 10.2. The van der Waals surface area contributed by atoms with Crippen LogP contribution in [0.3, 0.4) is 0 Å². The summed E-state index contributed by atoms with van der Waals surface area (Å²) in [5, 5.41) is 9.09. The van der Waals surface area contributed by atoms with Gasteiger partial charge in [-0.3, -0.25) is 9.69 Å². The third-order valence-electron chi connectivity index (χ3n) is 2.71. The first-order valence-corrected chi connectivity index (χ1v) is 5.16. The van der Waals surface area contributed by atoms with Crippen LogP contribution in [0.15, 0.2) is 0 Å². The summed E-state index contributed by atoms with van der Waals surface area (Å²) >= 11 is 0. The van der Waals surface area contributed by atoms with Crippen LogP contribution in [0.1, 0.15) is 39.5 Å². The van der Waals surface area contributed by atoms with Gasteiger partial charge in [0, 0.05) is 0 Å². The number of hydrogen-bond acceptors (Lipinski definition) is 2. The van der Waals surface area contributed by atoms with Gasteiger partial charge in [-0.25, -0.2) is 0 Å². The van der Waals surface area contributed by atoms with Crippen molar-refractivity contribution in [3.63, 3.8) is 0 Å². The second-order valence-electron chi connectivity index (χ2n) is 3.82. The molecule has 0 amide bonds. The van der Waals surface area contributed by atoms with E-state index in [1.807, 2.05) is 0 Å². The Morgan fingerprint density at radius 2 is 1.77 bits per heavy atom. The van der Waals surface area contributed by atoms with Crippen molar-refractivity contribution in [2.24, 2.45) is 0 Å². The van der Waals surface area contributed by atoms with Gasteiger partial charge in [0.2, 0.25) is 0 Å². The molecule has 0 radical (unpaired) electrons. The maximum atomic E-state index is 11.0. The molecule has 0 bridgehead atoms. The molecule has 0 unspecified atom stereocenters. The Kier molecular flexibility index (Phi) is 3.31. The van der Waals surface area contributed by atoms with E-state index < -0.39 is 11.5 Å². The minimum Gasteiger partial charge on any atom is -0.480 e. The van der Waals surface area contributed by atoms with E-state index in [9.17, 15) is 4.79 Å². The lowest BCUT2D eigenvalue weighted by molar-refractivity contribution is -0.145. The maximum absolute atomic E-state index is 11.0. The number of carboxylic acid groups (broad SMARTS) is 1. The topological polar surface area (TPSA) is 40.5 Å². The number of nitrogens with zero attached hydrogens (tertiary/aromatic N) is 1. The van der Waals surface area contributed by atoms with Crippen molar-refractivity contribution in [2.45, 2.75) is 45.1 Å². The molecule has 1 aliphatic rings. The monoisotopic (exact) mass is 185 g/mol. The van der Waals surface area contributed by atoms with Crippen LogP contribution in [0.2, 0.25) is 0 Å². The molecular weight excluding hydrogens is 166 g/mol. The summed E-state index contributed by atoms with van der Waals surface area (Å²) in [6.07, 6.45) is 3.74. The molecule has 0 spiro atoms. The molecule has 0 aromatic rings. The van der Waals surface area contributed by atoms with Crippen LogP contribution in [-0.4, -0.2) is 34.6 Å². The quantitative estimate of drug-likeness (QED) is 0.685. The molecule has 0 saturated heterocycles. The maximum Gasteiger partial charge on any atom is 0.324 e. The number of hydrogen-bond donors (Lipinski definition) is 1. The van der Waals surface area contributed by atoms with E-state index in [-0.39, 0.29) is 0 Å². The van der Waals surface area contributed by atoms with E-state index in [0.29, 0.717) is 0 Å². The zero-order chi connectivity index (χ0) is 9.90. The van der Waals surface area contributed by atoms with Crippen LogP contribution in [0.4, 0.5) is 0 Å². The molecule has 1 N–H and O–H groups in total. The van der Waals surface area contributed by atoms with Gasteiger partial charge in [-0.05, 0) is 38.8 Å². The van der Waals surface area contributed by atoms with Crippen molar-refractivity contribution in [2.75, 3.05) is 13.1 Å². The van der Waals surface area contributed by atoms with Gasteiger partial charge in [0.1, 0.15) is 5.54 Å². The molecule has 13 heavy (non-hydrogen) atoms. The minimum absolute atomic E-state index is 0.480. The summed E-state index contributed by atoms with van der Waals surface area (Å²) in [6.45, 7) is 6.03. The summed E-state index contributed by atoms with van der Waals surface area (Å²) in [5.41, 5.74) is -0.480. The van der Waals surface area contributed by atoms with E-state index in [2.05, 4.69) is 18.7 Å². The predicted molar refractivity (Wildman–Crippen MR) is 51.8 cm³/mol. The fourth-order valence-electron chi connectivity index (χ4n) is 1.86. The molecule has 0 aliphatic heterocycles. The van der Waals surface area contributed by atoms with Gasteiger partial charge in [0.25, 0.3) is 0 Å². The standard InChI is InChI=1S/C10H19NO2/c1-3-7-11(8-4-2)10(5-6-10)9(12)13/h3-8H2,1-2H3,(H,12,13). The zero-order valence-corrected chi connectivity index (χ0v) is 8.55. The van der Waals surface area contributed by atoms with Gasteiger partial charge in [-0.2, -0.15) is 0 Å². The van der Waals surface area contributed by atoms with Gasteiger partial charge >= 0.3 is 5.97 Å². The Morgan fingerprint density at radius 1 is 1.31 bits per heavy atom. The van der Waals surface area contributed by atoms with Crippen molar-refractivity contribution in [1.29, 1.82) is 0 Å². The smallest absolute Gasteiger partial charge is 0.324 e. The van der Waals surface area contributed by atoms with Gasteiger partial charge < -0.3 is 5.11 Å². The summed E-state index contributed by atoms with van der Waals surface area (Å²) in [6, 6.07) is 0. The molecular formula is C10H19NO2. The number of carboxylic acids is 1. The molecule has 1 saturated carbocycles. The van der Waals surface area contributed by atoms with E-state index in [4.69, 9.17) is 5.11 Å². The Balaban J connectivity index is 2.58. The summed E-state index contributed by atoms with van der Waals surface area (Å²) in [4.78, 5) is 13.2. The second-order valence-corrected chi connectivity index (χ2v) is 3.82. The van der Waals surface area contributed by atoms with Crippen molar-refractivity contribution < 1.29 is 9.90 Å². The highest BCUT2D eigenvalue weighted by Gasteiger charge is 2.54. The highest BCUT2D eigenvalue weighted by molar-refractivity contribution is 5.82. The molecule has 76 valence electrons. The highest BCUT2D eigenvalue weighted by Crippen LogP contribution is 2.42. The molecule has 1 aliphatic carbocycles. The summed E-state index contributed by atoms with van der Waals surface area (Å²) in [7, 11) is 0. The molecule has 0 aromatic heterocycles. The molecule has 0 aromatic carbocycles. The third kappa shape index (κ3) is 2.02. The Morgan fingerprint density at radius 3 is 2.00 bits per heavy atom. The van der Waals surface area contributed by atoms with Crippen LogP contribution in [0, 0.1) is 0 Å². The molecule has 0 heterocycles. The third-order valence-corrected chi connectivity index (χ3v) is 2.71. The van der Waals surface area contributed by atoms with Gasteiger partial charge in [-0.15, -0.1) is 0 Å². The highest BCUT2D eigenvalue weighted by atomic mass is 16.4. The van der Waals surface area contributed by atoms with Gasteiger partial charge in [0.05, 0.1) is 0 Å². The number of carbonyl (C=O) groups is 1. The second kappa shape index (κ2) is 4.09. The van der Waals surface area contributed by atoms with Crippen LogP contribution >= 0.6 is 0 Å². The minimum atomic E-state index is -0.630. The molecule has 3 nitrogen and oxygen atoms in total.